The van der Waals surface area contributed by atoms with Crippen LogP contribution in [0.5, 0.6) is 0 Å². The van der Waals surface area contributed by atoms with E-state index < -0.39 is 8.80 Å². The van der Waals surface area contributed by atoms with E-state index in [1.165, 1.54) is 49.9 Å². The van der Waals surface area contributed by atoms with Gasteiger partial charge in [0.15, 0.2) is 0 Å². The van der Waals surface area contributed by atoms with Gasteiger partial charge in [-0.15, -0.1) is 33.7 Å². The van der Waals surface area contributed by atoms with Gasteiger partial charge in [0.05, 0.1) is 8.80 Å². The Bertz CT molecular complexity index is 1530. The molecule has 0 aliphatic heterocycles. The first-order valence-corrected chi connectivity index (χ1v) is 14.3. The maximum Gasteiger partial charge on any atom is 3.00 e. The molecule has 5 aromatic rings. The predicted molar refractivity (Wildman–Crippen MR) is 143 cm³/mol. The third-order valence-corrected chi connectivity index (χ3v) is 8.73. The molecule has 0 nitrogen and oxygen atoms in total. The Balaban J connectivity index is 0.00000114. The van der Waals surface area contributed by atoms with Gasteiger partial charge in [-0.05, 0) is 28.3 Å². The van der Waals surface area contributed by atoms with Crippen LogP contribution >= 0.6 is 0 Å². The number of benzene rings is 4. The summed E-state index contributed by atoms with van der Waals surface area (Å²) in [5, 5.41) is 9.93. The molecule has 1 aliphatic carbocycles. The molecule has 0 saturated carbocycles. The van der Waals surface area contributed by atoms with E-state index in [4.69, 9.17) is 0 Å². The molecule has 0 N–H and O–H groups in total. The van der Waals surface area contributed by atoms with Crippen LogP contribution in [0.2, 0.25) is 13.1 Å². The molecule has 4 heteroatoms. The maximum absolute atomic E-state index is 2.52. The Hall–Kier alpha value is -1.57. The summed E-state index contributed by atoms with van der Waals surface area (Å²) in [4.78, 5) is 0. The van der Waals surface area contributed by atoms with E-state index in [2.05, 4.69) is 105 Å². The first-order chi connectivity index (χ1) is 15.7. The Kier molecular flexibility index (Phi) is 8.98. The summed E-state index contributed by atoms with van der Waals surface area (Å²) in [6, 6.07) is 29.8. The summed E-state index contributed by atoms with van der Waals surface area (Å²) >= 11 is 0. The van der Waals surface area contributed by atoms with Crippen LogP contribution in [0.1, 0.15) is 42.4 Å². The summed E-state index contributed by atoms with van der Waals surface area (Å²) in [5.41, 5.74) is 6.10. The van der Waals surface area contributed by atoms with Crippen molar-refractivity contribution in [3.63, 3.8) is 0 Å². The van der Waals surface area contributed by atoms with Crippen LogP contribution in [0.4, 0.5) is 0 Å². The van der Waals surface area contributed by atoms with Gasteiger partial charge in [0.25, 0.3) is 0 Å². The molecule has 0 aromatic heterocycles. The number of fused-ring (bicyclic) bond motifs is 6. The van der Waals surface area contributed by atoms with Crippen molar-refractivity contribution >= 4 is 52.4 Å². The zero-order valence-corrected chi connectivity index (χ0v) is 25.3. The van der Waals surface area contributed by atoms with Crippen molar-refractivity contribution in [2.24, 2.45) is 0 Å². The van der Waals surface area contributed by atoms with Gasteiger partial charge >= 0.3 is 26.2 Å². The van der Waals surface area contributed by atoms with Crippen molar-refractivity contribution in [3.8, 4) is 0 Å². The number of hydrogen-bond donors (Lipinski definition) is 0. The molecule has 0 heterocycles. The summed E-state index contributed by atoms with van der Waals surface area (Å²) in [7, 11) is -0.615. The van der Waals surface area contributed by atoms with Crippen LogP contribution in [0.25, 0.3) is 38.4 Å². The number of hydrogen-bond acceptors (Lipinski definition) is 0. The smallest absolute Gasteiger partial charge is 1.00 e. The second-order valence-corrected chi connectivity index (χ2v) is 12.0. The van der Waals surface area contributed by atoms with Gasteiger partial charge in [0, 0.05) is 5.92 Å². The minimum Gasteiger partial charge on any atom is -1.00 e. The molecule has 0 amide bonds. The van der Waals surface area contributed by atoms with Crippen molar-refractivity contribution in [1.82, 2.24) is 0 Å². The quantitative estimate of drug-likeness (QED) is 0.223. The Morgan fingerprint density at radius 1 is 0.800 bits per heavy atom. The third-order valence-electron chi connectivity index (χ3n) is 7.22. The van der Waals surface area contributed by atoms with Crippen molar-refractivity contribution < 1.29 is 51.0 Å². The standard InChI is InChI=1S/C31H28Si.2ClH.Zr/c1-4-9-22-19-27-23-12-7-5-10-20(23)14-15-26(27)30(22)31-28-18-21-11-6-8-13-24(21)25(28)16-17-29(31)32(2)3;;;/h5-8,10-19,30H,4,9H2,1-3H3;2*1H;/q-1;;;+3/p-2. The average Bonchev–Trinajstić information content (AvgIpc) is 3.37. The van der Waals surface area contributed by atoms with Gasteiger partial charge in [-0.3, -0.25) is 0 Å². The Labute approximate surface area is 241 Å². The van der Waals surface area contributed by atoms with Crippen LogP contribution in [-0.4, -0.2) is 8.80 Å². The second kappa shape index (κ2) is 11.2. The molecule has 1 unspecified atom stereocenters. The molecule has 1 atom stereocenters. The molecule has 5 aromatic carbocycles. The molecule has 6 rings (SSSR count). The monoisotopic (exact) mass is 588 g/mol. The molecule has 0 fully saturated rings. The molecule has 0 saturated heterocycles. The zero-order chi connectivity index (χ0) is 21.8. The van der Waals surface area contributed by atoms with Crippen LogP contribution in [0.3, 0.4) is 0 Å². The normalized spacial score (nSPS) is 14.4. The maximum atomic E-state index is 2.52. The second-order valence-electron chi connectivity index (χ2n) is 9.41. The van der Waals surface area contributed by atoms with E-state index in [-0.39, 0.29) is 51.0 Å². The Morgan fingerprint density at radius 2 is 1.51 bits per heavy atom. The van der Waals surface area contributed by atoms with Gasteiger partial charge in [-0.2, -0.15) is 0 Å². The molecule has 1 aliphatic rings. The van der Waals surface area contributed by atoms with E-state index in [0.717, 1.165) is 6.42 Å². The van der Waals surface area contributed by atoms with E-state index in [1.54, 1.807) is 16.3 Å². The van der Waals surface area contributed by atoms with Gasteiger partial charge < -0.3 is 24.8 Å². The minimum absolute atomic E-state index is 0. The minimum atomic E-state index is -0.615. The molecule has 0 spiro atoms. The molecule has 2 radical (unpaired) electrons. The molecular weight excluding hydrogens is 563 g/mol. The van der Waals surface area contributed by atoms with Crippen LogP contribution in [0.15, 0.2) is 84.4 Å². The molecule has 174 valence electrons. The SMILES string of the molecule is CCCC1=Cc2c(ccc3ccccc23)C1c1c([Si](C)C)ccc2c1[cH-]c1ccccc12.[Cl-].[Cl-].[Zr+3]. The van der Waals surface area contributed by atoms with E-state index in [1.807, 2.05) is 0 Å². The first-order valence-electron chi connectivity index (χ1n) is 11.8. The topological polar surface area (TPSA) is 0 Å². The number of halogens is 2. The first kappa shape index (κ1) is 28.0. The van der Waals surface area contributed by atoms with Crippen molar-refractivity contribution in [3.05, 3.63) is 101 Å². The zero-order valence-electron chi connectivity index (χ0n) is 20.3. The fraction of sp³-hybridized carbons (Fsp3) is 0.194. The third kappa shape index (κ3) is 4.53. The van der Waals surface area contributed by atoms with E-state index in [9.17, 15) is 0 Å². The van der Waals surface area contributed by atoms with Crippen molar-refractivity contribution in [2.45, 2.75) is 38.8 Å². The van der Waals surface area contributed by atoms with Gasteiger partial charge in [0.1, 0.15) is 0 Å². The molecule has 35 heavy (non-hydrogen) atoms. The van der Waals surface area contributed by atoms with Crippen molar-refractivity contribution in [1.29, 1.82) is 0 Å². The van der Waals surface area contributed by atoms with Crippen LogP contribution in [-0.2, 0) is 26.2 Å². The summed E-state index contributed by atoms with van der Waals surface area (Å²) < 4.78 is 0. The summed E-state index contributed by atoms with van der Waals surface area (Å²) in [6.45, 7) is 7.20. The van der Waals surface area contributed by atoms with Crippen molar-refractivity contribution in [2.75, 3.05) is 0 Å². The Morgan fingerprint density at radius 3 is 2.26 bits per heavy atom. The molecular formula is C31H28Cl2SiZr. The van der Waals surface area contributed by atoms with Crippen LogP contribution in [0, 0.1) is 0 Å². The number of rotatable bonds is 4. The summed E-state index contributed by atoms with van der Waals surface area (Å²) in [5.74, 6) is 0.366. The van der Waals surface area contributed by atoms with Gasteiger partial charge in [0.2, 0.25) is 0 Å². The van der Waals surface area contributed by atoms with Gasteiger partial charge in [-0.25, -0.2) is 0 Å². The fourth-order valence-corrected chi connectivity index (χ4v) is 7.07. The average molecular weight is 591 g/mol. The molecule has 0 bridgehead atoms. The van der Waals surface area contributed by atoms with E-state index in [0.29, 0.717) is 5.92 Å². The van der Waals surface area contributed by atoms with Gasteiger partial charge in [-0.1, -0.05) is 116 Å². The largest absolute Gasteiger partial charge is 3.00 e. The number of allylic oxidation sites excluding steroid dienone is 1. The fourth-order valence-electron chi connectivity index (χ4n) is 5.84. The van der Waals surface area contributed by atoms with Crippen LogP contribution < -0.4 is 30.0 Å². The van der Waals surface area contributed by atoms with E-state index >= 15 is 0 Å². The summed E-state index contributed by atoms with van der Waals surface area (Å²) in [6.07, 6.45) is 4.85. The predicted octanol–water partition coefficient (Wildman–Crippen LogP) is 2.16.